The highest BCUT2D eigenvalue weighted by Crippen LogP contribution is 2.47. The summed E-state index contributed by atoms with van der Waals surface area (Å²) in [6.45, 7) is 1.81. The van der Waals surface area contributed by atoms with Crippen molar-refractivity contribution < 1.29 is 14.3 Å². The summed E-state index contributed by atoms with van der Waals surface area (Å²) in [7, 11) is 0. The van der Waals surface area contributed by atoms with E-state index in [1.807, 2.05) is 67.6 Å². The average molecular weight is 280 g/mol. The molecule has 3 heteroatoms. The Morgan fingerprint density at radius 3 is 1.76 bits per heavy atom. The zero-order valence-electron chi connectivity index (χ0n) is 11.8. The monoisotopic (exact) mass is 280 g/mol. The van der Waals surface area contributed by atoms with Gasteiger partial charge in [0.15, 0.2) is 0 Å². The third kappa shape index (κ3) is 2.35. The maximum absolute atomic E-state index is 12.3. The van der Waals surface area contributed by atoms with Gasteiger partial charge in [0, 0.05) is 5.92 Å². The van der Waals surface area contributed by atoms with Crippen LogP contribution in [0.5, 0.6) is 0 Å². The molecule has 2 aromatic carbocycles. The Bertz CT molecular complexity index is 624. The predicted octanol–water partition coefficient (Wildman–Crippen LogP) is 3.30. The van der Waals surface area contributed by atoms with Crippen LogP contribution in [0.25, 0.3) is 0 Å². The zero-order chi connectivity index (χ0) is 14.9. The van der Waals surface area contributed by atoms with Crippen LogP contribution in [-0.2, 0) is 14.3 Å². The quantitative estimate of drug-likeness (QED) is 0.640. The molecule has 1 heterocycles. The number of rotatable bonds is 3. The van der Waals surface area contributed by atoms with Crippen LogP contribution < -0.4 is 0 Å². The third-order valence-corrected chi connectivity index (χ3v) is 4.09. The minimum Gasteiger partial charge on any atom is -0.393 e. The molecule has 0 aliphatic carbocycles. The minimum atomic E-state index is -0.861. The lowest BCUT2D eigenvalue weighted by atomic mass is 9.69. The first-order chi connectivity index (χ1) is 10.1. The second kappa shape index (κ2) is 5.17. The fourth-order valence-corrected chi connectivity index (χ4v) is 3.07. The highest BCUT2D eigenvalue weighted by Gasteiger charge is 2.51. The van der Waals surface area contributed by atoms with Gasteiger partial charge in [0.2, 0.25) is 0 Å². The largest absolute Gasteiger partial charge is 0.393 e. The predicted molar refractivity (Wildman–Crippen MR) is 78.6 cm³/mol. The molecule has 1 aliphatic heterocycles. The van der Waals surface area contributed by atoms with Gasteiger partial charge in [-0.1, -0.05) is 60.7 Å². The molecule has 0 amide bonds. The average Bonchev–Trinajstić information content (AvgIpc) is 2.75. The molecule has 0 spiro atoms. The van der Waals surface area contributed by atoms with Crippen molar-refractivity contribution in [1.29, 1.82) is 0 Å². The molecule has 3 nitrogen and oxygen atoms in total. The first-order valence-electron chi connectivity index (χ1n) is 6.96. The number of carbonyl (C=O) groups is 2. The van der Waals surface area contributed by atoms with E-state index in [-0.39, 0.29) is 12.3 Å². The summed E-state index contributed by atoms with van der Waals surface area (Å²) in [5.74, 6) is -1.08. The molecule has 1 atom stereocenters. The summed E-state index contributed by atoms with van der Waals surface area (Å²) in [6.07, 6.45) is 0.111. The molecule has 21 heavy (non-hydrogen) atoms. The Kier molecular flexibility index (Phi) is 3.34. The van der Waals surface area contributed by atoms with Gasteiger partial charge >= 0.3 is 11.9 Å². The fourth-order valence-electron chi connectivity index (χ4n) is 3.07. The van der Waals surface area contributed by atoms with Gasteiger partial charge in [0.05, 0.1) is 11.8 Å². The number of benzene rings is 2. The molecule has 1 unspecified atom stereocenters. The van der Waals surface area contributed by atoms with Crippen molar-refractivity contribution in [3.8, 4) is 0 Å². The van der Waals surface area contributed by atoms with E-state index in [0.717, 1.165) is 11.1 Å². The van der Waals surface area contributed by atoms with Crippen LogP contribution in [0.2, 0.25) is 0 Å². The molecule has 0 aromatic heterocycles. The number of carbonyl (C=O) groups excluding carboxylic acids is 2. The lowest BCUT2D eigenvalue weighted by Crippen LogP contribution is -2.31. The molecular weight excluding hydrogens is 264 g/mol. The van der Waals surface area contributed by atoms with E-state index in [2.05, 4.69) is 0 Å². The van der Waals surface area contributed by atoms with Crippen molar-refractivity contribution in [2.45, 2.75) is 19.3 Å². The van der Waals surface area contributed by atoms with Gasteiger partial charge < -0.3 is 4.74 Å². The molecule has 3 rings (SSSR count). The van der Waals surface area contributed by atoms with Gasteiger partial charge in [-0.3, -0.25) is 9.59 Å². The van der Waals surface area contributed by atoms with Crippen molar-refractivity contribution in [2.75, 3.05) is 0 Å². The Labute approximate surface area is 123 Å². The summed E-state index contributed by atoms with van der Waals surface area (Å²) in [4.78, 5) is 23.8. The maximum atomic E-state index is 12.3. The summed E-state index contributed by atoms with van der Waals surface area (Å²) < 4.78 is 4.82. The minimum absolute atomic E-state index is 0.111. The lowest BCUT2D eigenvalue weighted by Gasteiger charge is -2.30. The summed E-state index contributed by atoms with van der Waals surface area (Å²) in [5, 5.41) is 0. The molecule has 106 valence electrons. The summed E-state index contributed by atoms with van der Waals surface area (Å²) in [5.41, 5.74) is 1.16. The van der Waals surface area contributed by atoms with Gasteiger partial charge in [0.25, 0.3) is 0 Å². The number of ether oxygens (including phenoxy) is 1. The molecule has 0 bridgehead atoms. The molecule has 1 fully saturated rings. The smallest absolute Gasteiger partial charge is 0.321 e. The number of hydrogen-bond acceptors (Lipinski definition) is 3. The van der Waals surface area contributed by atoms with E-state index in [1.165, 1.54) is 0 Å². The number of esters is 2. The third-order valence-electron chi connectivity index (χ3n) is 4.09. The topological polar surface area (TPSA) is 43.4 Å². The summed E-state index contributed by atoms with van der Waals surface area (Å²) in [6, 6.07) is 19.6. The first kappa shape index (κ1) is 13.6. The fraction of sp³-hybridized carbons (Fsp3) is 0.222. The standard InChI is InChI=1S/C18H16O3/c1-18(12-15(19)21-17(18)20)16(13-8-4-2-5-9-13)14-10-6-3-7-11-14/h2-11,16H,12H2,1H3. The molecular formula is C18H16O3. The molecule has 2 aromatic rings. The van der Waals surface area contributed by atoms with Gasteiger partial charge in [-0.2, -0.15) is 0 Å². The zero-order valence-corrected chi connectivity index (χ0v) is 11.8. The Balaban J connectivity index is 2.14. The highest BCUT2D eigenvalue weighted by atomic mass is 16.6. The molecule has 0 saturated carbocycles. The van der Waals surface area contributed by atoms with Crippen LogP contribution >= 0.6 is 0 Å². The molecule has 0 N–H and O–H groups in total. The van der Waals surface area contributed by atoms with Gasteiger partial charge in [0.1, 0.15) is 0 Å². The van der Waals surface area contributed by atoms with E-state index >= 15 is 0 Å². The van der Waals surface area contributed by atoms with Crippen molar-refractivity contribution in [3.63, 3.8) is 0 Å². The number of cyclic esters (lactones) is 2. The van der Waals surface area contributed by atoms with E-state index in [1.54, 1.807) is 0 Å². The van der Waals surface area contributed by atoms with Crippen LogP contribution in [0.15, 0.2) is 60.7 Å². The van der Waals surface area contributed by atoms with Gasteiger partial charge in [-0.25, -0.2) is 0 Å². The SMILES string of the molecule is CC1(C(c2ccccc2)c2ccccc2)CC(=O)OC1=O. The van der Waals surface area contributed by atoms with Crippen molar-refractivity contribution in [2.24, 2.45) is 5.41 Å². The van der Waals surface area contributed by atoms with Crippen LogP contribution in [0.1, 0.15) is 30.4 Å². The molecule has 1 saturated heterocycles. The summed E-state index contributed by atoms with van der Waals surface area (Å²) >= 11 is 0. The van der Waals surface area contributed by atoms with E-state index in [4.69, 9.17) is 4.74 Å². The van der Waals surface area contributed by atoms with Crippen molar-refractivity contribution in [3.05, 3.63) is 71.8 Å². The van der Waals surface area contributed by atoms with E-state index in [9.17, 15) is 9.59 Å². The van der Waals surface area contributed by atoms with Crippen molar-refractivity contribution >= 4 is 11.9 Å². The number of hydrogen-bond donors (Lipinski definition) is 0. The maximum Gasteiger partial charge on any atom is 0.321 e. The van der Waals surface area contributed by atoms with Gasteiger partial charge in [-0.05, 0) is 18.1 Å². The molecule has 0 radical (unpaired) electrons. The van der Waals surface area contributed by atoms with Crippen LogP contribution in [0, 0.1) is 5.41 Å². The van der Waals surface area contributed by atoms with Crippen LogP contribution in [-0.4, -0.2) is 11.9 Å². The molecule has 1 aliphatic rings. The Morgan fingerprint density at radius 2 is 1.38 bits per heavy atom. The second-order valence-electron chi connectivity index (χ2n) is 5.61. The van der Waals surface area contributed by atoms with E-state index < -0.39 is 17.4 Å². The normalized spacial score (nSPS) is 21.6. The van der Waals surface area contributed by atoms with E-state index in [0.29, 0.717) is 0 Å². The second-order valence-corrected chi connectivity index (χ2v) is 5.61. The van der Waals surface area contributed by atoms with Gasteiger partial charge in [-0.15, -0.1) is 0 Å². The van der Waals surface area contributed by atoms with Crippen LogP contribution in [0.3, 0.4) is 0 Å². The first-order valence-corrected chi connectivity index (χ1v) is 6.96. The van der Waals surface area contributed by atoms with Crippen LogP contribution in [0.4, 0.5) is 0 Å². The highest BCUT2D eigenvalue weighted by molar-refractivity contribution is 5.98. The Hall–Kier alpha value is -2.42. The van der Waals surface area contributed by atoms with Crippen molar-refractivity contribution in [1.82, 2.24) is 0 Å². The lowest BCUT2D eigenvalue weighted by molar-refractivity contribution is -0.155. The Morgan fingerprint density at radius 1 is 0.905 bits per heavy atom.